The minimum atomic E-state index is -1.91. The minimum Gasteiger partial charge on any atom is -1.00 e. The summed E-state index contributed by atoms with van der Waals surface area (Å²) in [5.74, 6) is -4.83. The fourth-order valence-electron chi connectivity index (χ4n) is 8.76. The Kier molecular flexibility index (Phi) is 16.0. The number of rotatable bonds is 4. The maximum atomic E-state index is 13.6. The van der Waals surface area contributed by atoms with Crippen LogP contribution < -0.4 is 56.1 Å². The van der Waals surface area contributed by atoms with E-state index in [1.54, 1.807) is 47.6 Å². The van der Waals surface area contributed by atoms with Gasteiger partial charge in [0.25, 0.3) is 0 Å². The molecule has 1 N–H and O–H groups in total. The molecule has 4 aliphatic carbocycles. The van der Waals surface area contributed by atoms with Crippen molar-refractivity contribution in [2.75, 3.05) is 0 Å². The van der Waals surface area contributed by atoms with Crippen LogP contribution >= 0.6 is 0 Å². The van der Waals surface area contributed by atoms with E-state index in [0.717, 1.165) is 18.4 Å². The predicted molar refractivity (Wildman–Crippen MR) is 193 cm³/mol. The summed E-state index contributed by atoms with van der Waals surface area (Å²) in [6.45, 7) is 21.5. The number of hydrogen-bond donors (Lipinski definition) is 1. The van der Waals surface area contributed by atoms with Crippen molar-refractivity contribution in [1.82, 2.24) is 0 Å². The summed E-state index contributed by atoms with van der Waals surface area (Å²) < 4.78 is 76.3. The molecule has 5 saturated heterocycles. The van der Waals surface area contributed by atoms with Crippen LogP contribution in [-0.4, -0.2) is 124 Å². The number of aliphatic hydroxyl groups is 1. The van der Waals surface area contributed by atoms with Gasteiger partial charge in [0.1, 0.15) is 35.6 Å². The number of ketones is 4. The largest absolute Gasteiger partial charge is 1.00 e. The molecule has 8 unspecified atom stereocenters. The molecule has 5 heterocycles. The second kappa shape index (κ2) is 17.9. The Balaban J connectivity index is 0.000000207. The Labute approximate surface area is 384 Å². The molecule has 12 atom stereocenters. The van der Waals surface area contributed by atoms with Crippen LogP contribution in [0, 0.1) is 0 Å². The quantitative estimate of drug-likeness (QED) is 0.197. The third-order valence-electron chi connectivity index (χ3n) is 11.6. The van der Waals surface area contributed by atoms with Crippen LogP contribution in [0.15, 0.2) is 23.0 Å². The summed E-state index contributed by atoms with van der Waals surface area (Å²) in [5.41, 5.74) is -0.614. The number of carbonyl (C=O) groups is 4. The molecule has 0 aromatic heterocycles. The molecule has 0 aromatic rings. The third-order valence-corrected chi connectivity index (χ3v) is 11.6. The Morgan fingerprint density at radius 2 is 1.07 bits per heavy atom. The fraction of sp³-hybridized carbons (Fsp3) is 0.800. The fourth-order valence-corrected chi connectivity index (χ4v) is 8.76. The van der Waals surface area contributed by atoms with E-state index in [1.165, 1.54) is 0 Å². The van der Waals surface area contributed by atoms with E-state index in [2.05, 4.69) is 0 Å². The van der Waals surface area contributed by atoms with Crippen molar-refractivity contribution < 1.29 is 136 Å². The van der Waals surface area contributed by atoms with Gasteiger partial charge in [0.2, 0.25) is 11.6 Å². The molecule has 14 nitrogen and oxygen atoms in total. The van der Waals surface area contributed by atoms with Crippen molar-refractivity contribution in [3.63, 3.8) is 0 Å². The van der Waals surface area contributed by atoms with Crippen LogP contribution in [-0.2, 0) is 61.8 Å². The van der Waals surface area contributed by atoms with Crippen molar-refractivity contribution >= 4 is 23.1 Å². The number of epoxide rings is 1. The van der Waals surface area contributed by atoms with Gasteiger partial charge in [-0.25, -0.2) is 8.78 Å². The summed E-state index contributed by atoms with van der Waals surface area (Å²) in [6, 6.07) is 0. The molecule has 0 bridgehead atoms. The number of hydrogen-bond acceptors (Lipinski definition) is 14. The first kappa shape index (κ1) is 52.5. The van der Waals surface area contributed by atoms with E-state index in [0.29, 0.717) is 12.0 Å². The molecule has 0 aromatic carbocycles. The summed E-state index contributed by atoms with van der Waals surface area (Å²) in [6.07, 6.45) is -2.49. The van der Waals surface area contributed by atoms with Crippen LogP contribution in [0.25, 0.3) is 0 Å². The average Bonchev–Trinajstić information content (AvgIpc) is 3.64. The average molecular weight is 877 g/mol. The second-order valence-corrected chi connectivity index (χ2v) is 17.3. The van der Waals surface area contributed by atoms with E-state index in [4.69, 9.17) is 42.6 Å². The number of Topliss-reactive ketones (excluding diaryl/α,β-unsaturated/α-hetero) is 3. The number of halogens is 4. The zero-order valence-corrected chi connectivity index (χ0v) is 39.1. The molecular weight excluding hydrogens is 820 g/mol. The van der Waals surface area contributed by atoms with E-state index >= 15 is 0 Å². The van der Waals surface area contributed by atoms with Gasteiger partial charge in [0.15, 0.2) is 77.2 Å². The zero-order valence-electron chi connectivity index (χ0n) is 36.0. The first-order valence-electron chi connectivity index (χ1n) is 19.5. The molecule has 19 heteroatoms. The molecule has 7 fully saturated rings. The number of alkyl halides is 1. The van der Waals surface area contributed by atoms with Gasteiger partial charge in [0.05, 0.1) is 0 Å². The van der Waals surface area contributed by atoms with Gasteiger partial charge >= 0.3 is 51.4 Å². The normalized spacial score (nSPS) is 41.2. The van der Waals surface area contributed by atoms with Gasteiger partial charge in [-0.15, -0.1) is 0 Å². The van der Waals surface area contributed by atoms with Crippen molar-refractivity contribution in [2.45, 2.75) is 204 Å². The summed E-state index contributed by atoms with van der Waals surface area (Å²) in [5, 5.41) is 10.0. The Bertz CT molecular complexity index is 1720. The van der Waals surface area contributed by atoms with Crippen molar-refractivity contribution in [3.05, 3.63) is 23.0 Å². The van der Waals surface area contributed by atoms with Gasteiger partial charge in [-0.3, -0.25) is 23.9 Å². The summed E-state index contributed by atoms with van der Waals surface area (Å²) in [7, 11) is 0. The summed E-state index contributed by atoms with van der Waals surface area (Å²) in [4.78, 5) is 46.1. The molecule has 0 amide bonds. The molecule has 5 aliphatic heterocycles. The molecule has 0 spiro atoms. The van der Waals surface area contributed by atoms with E-state index in [1.807, 2.05) is 41.5 Å². The first-order valence-corrected chi connectivity index (χ1v) is 19.5. The SMILES string of the molecule is CCC1(O)C(F)C(=O)C2OC(C)(C)O[C@@H]21.CCC12OC1C(=O)C1OC(C)(C)O[C@@H]12.CCC1=C(F)C(=O)C2OC(C)(C)O[C@H]12.CCC1=CC(=O)C2OC(C)(C)O[C@H]12.F.[F-].[K+]. The predicted octanol–water partition coefficient (Wildman–Crippen LogP) is -1.49. The molecular formula is C40H57F4KO14. The van der Waals surface area contributed by atoms with Crippen molar-refractivity contribution in [3.8, 4) is 0 Å². The third kappa shape index (κ3) is 9.36. The van der Waals surface area contributed by atoms with E-state index in [9.17, 15) is 33.1 Å². The standard InChI is InChI=1S/C10H15FO4.C10H13FO3.C10H14O4.C10H14O3.2FH.K/c1-4-10(13)7(11)5(12)6-8(10)15-9(2,3)14-6;1-4-5-6(11)7(12)9-8(5)13-10(2,3)14-9;1-4-10-7(14-10)5(11)6-8(10)13-9(2,3)12-6;1-4-6-5-7(11)9-8(6)12-10(2,3)13-9;;;/h6-8,13H,4H2,1-3H3;8-9H,4H2,1-3H3;6-8H,4H2,1-3H3;5,8-9H,4H2,1-3H3;2*1H;/q;;;;;;+1/p-1/t6?,7?,8-,10?;8-,9?;6?,7?,8-,10?;8-,9?;;;/m0101.../s1. The molecule has 2 saturated carbocycles. The van der Waals surface area contributed by atoms with Crippen LogP contribution in [0.2, 0.25) is 0 Å². The van der Waals surface area contributed by atoms with Gasteiger partial charge in [-0.1, -0.05) is 27.7 Å². The van der Waals surface area contributed by atoms with Crippen molar-refractivity contribution in [2.24, 2.45) is 0 Å². The maximum absolute atomic E-state index is 13.6. The second-order valence-electron chi connectivity index (χ2n) is 17.3. The van der Waals surface area contributed by atoms with Gasteiger partial charge in [-0.2, -0.15) is 0 Å². The molecule has 330 valence electrons. The smallest absolute Gasteiger partial charge is 1.00 e. The van der Waals surface area contributed by atoms with Crippen LogP contribution in [0.4, 0.5) is 13.5 Å². The monoisotopic (exact) mass is 876 g/mol. The van der Waals surface area contributed by atoms with Crippen LogP contribution in [0.5, 0.6) is 0 Å². The molecule has 59 heavy (non-hydrogen) atoms. The van der Waals surface area contributed by atoms with Crippen molar-refractivity contribution in [1.29, 1.82) is 0 Å². The molecule has 0 radical (unpaired) electrons. The van der Waals surface area contributed by atoms with Crippen LogP contribution in [0.1, 0.15) is 109 Å². The topological polar surface area (TPSA) is 175 Å². The van der Waals surface area contributed by atoms with E-state index in [-0.39, 0.29) is 109 Å². The zero-order chi connectivity index (χ0) is 41.7. The number of fused-ring (bicyclic) bond motifs is 6. The minimum absolute atomic E-state index is 0. The van der Waals surface area contributed by atoms with Gasteiger partial charge < -0.3 is 52.4 Å². The van der Waals surface area contributed by atoms with Gasteiger partial charge in [0, 0.05) is 5.57 Å². The maximum Gasteiger partial charge on any atom is 1.00 e. The number of ether oxygens (including phenoxy) is 9. The van der Waals surface area contributed by atoms with Crippen LogP contribution in [0.3, 0.4) is 0 Å². The first-order chi connectivity index (χ1) is 25.8. The Morgan fingerprint density at radius 1 is 0.610 bits per heavy atom. The molecule has 9 rings (SSSR count). The van der Waals surface area contributed by atoms with Gasteiger partial charge in [-0.05, 0) is 92.7 Å². The molecule has 9 aliphatic rings. The number of carbonyl (C=O) groups excluding carboxylic acids is 4. The summed E-state index contributed by atoms with van der Waals surface area (Å²) >= 11 is 0. The Morgan fingerprint density at radius 3 is 1.58 bits per heavy atom. The Hall–Kier alpha value is -0.884. The van der Waals surface area contributed by atoms with E-state index < -0.39 is 82.8 Å².